The molecule has 1 nitrogen and oxygen atoms in total. The second-order valence-electron chi connectivity index (χ2n) is 4.75. The summed E-state index contributed by atoms with van der Waals surface area (Å²) in [5.74, 6) is 0. The molecule has 1 rings (SSSR count). The Labute approximate surface area is 85.0 Å². The largest absolute Gasteiger partial charge is 0.323 e. The minimum absolute atomic E-state index is 0.155. The van der Waals surface area contributed by atoms with Crippen molar-refractivity contribution in [3.05, 3.63) is 21.4 Å². The van der Waals surface area contributed by atoms with Gasteiger partial charge in [0.2, 0.25) is 0 Å². The van der Waals surface area contributed by atoms with Gasteiger partial charge in [-0.05, 0) is 30.9 Å². The van der Waals surface area contributed by atoms with Gasteiger partial charge in [-0.1, -0.05) is 20.8 Å². The summed E-state index contributed by atoms with van der Waals surface area (Å²) in [4.78, 5) is 2.69. The van der Waals surface area contributed by atoms with Gasteiger partial charge in [-0.25, -0.2) is 0 Å². The number of hydrogen-bond donors (Lipinski definition) is 1. The van der Waals surface area contributed by atoms with Crippen molar-refractivity contribution < 1.29 is 0 Å². The van der Waals surface area contributed by atoms with Crippen LogP contribution in [0, 0.1) is 19.3 Å². The van der Waals surface area contributed by atoms with Crippen LogP contribution in [0.3, 0.4) is 0 Å². The third kappa shape index (κ3) is 2.32. The van der Waals surface area contributed by atoms with Crippen molar-refractivity contribution in [2.24, 2.45) is 11.1 Å². The molecule has 0 fully saturated rings. The molecule has 74 valence electrons. The van der Waals surface area contributed by atoms with Crippen molar-refractivity contribution in [3.63, 3.8) is 0 Å². The third-order valence-electron chi connectivity index (χ3n) is 2.29. The summed E-state index contributed by atoms with van der Waals surface area (Å²) in [5, 5.41) is 0. The molecule has 0 aliphatic rings. The first-order valence-electron chi connectivity index (χ1n) is 4.65. The lowest BCUT2D eigenvalue weighted by molar-refractivity contribution is 0.330. The molecule has 2 heteroatoms. The van der Waals surface area contributed by atoms with E-state index in [0.717, 1.165) is 0 Å². The van der Waals surface area contributed by atoms with Crippen molar-refractivity contribution in [1.29, 1.82) is 0 Å². The van der Waals surface area contributed by atoms with Gasteiger partial charge in [0.15, 0.2) is 0 Å². The fraction of sp³-hybridized carbons (Fsp3) is 0.636. The molecule has 0 spiro atoms. The van der Waals surface area contributed by atoms with E-state index in [0.29, 0.717) is 0 Å². The molecule has 1 atom stereocenters. The normalized spacial score (nSPS) is 14.6. The second-order valence-corrected chi connectivity index (χ2v) is 6.04. The monoisotopic (exact) mass is 197 g/mol. The molecule has 0 bridgehead atoms. The molecule has 2 N–H and O–H groups in total. The molecule has 1 unspecified atom stereocenters. The van der Waals surface area contributed by atoms with Crippen LogP contribution in [0.4, 0.5) is 0 Å². The van der Waals surface area contributed by atoms with E-state index in [4.69, 9.17) is 5.73 Å². The zero-order valence-electron chi connectivity index (χ0n) is 9.14. The van der Waals surface area contributed by atoms with Crippen LogP contribution >= 0.6 is 11.3 Å². The average molecular weight is 197 g/mol. The molecule has 0 aliphatic heterocycles. The zero-order valence-corrected chi connectivity index (χ0v) is 9.96. The van der Waals surface area contributed by atoms with Crippen molar-refractivity contribution in [2.45, 2.75) is 40.7 Å². The summed E-state index contributed by atoms with van der Waals surface area (Å²) in [6.07, 6.45) is 0. The Morgan fingerprint density at radius 1 is 1.31 bits per heavy atom. The second kappa shape index (κ2) is 3.43. The lowest BCUT2D eigenvalue weighted by Gasteiger charge is -2.26. The lowest BCUT2D eigenvalue weighted by atomic mass is 9.85. The number of hydrogen-bond acceptors (Lipinski definition) is 2. The van der Waals surface area contributed by atoms with Gasteiger partial charge in [-0.2, -0.15) is 0 Å². The summed E-state index contributed by atoms with van der Waals surface area (Å²) in [6.45, 7) is 10.8. The molecule has 0 saturated carbocycles. The Kier molecular flexibility index (Phi) is 2.83. The maximum absolute atomic E-state index is 6.20. The smallest absolute Gasteiger partial charge is 0.0441 e. The first-order chi connectivity index (χ1) is 5.82. The fourth-order valence-corrected chi connectivity index (χ4v) is 2.64. The van der Waals surface area contributed by atoms with Gasteiger partial charge in [0, 0.05) is 15.8 Å². The Balaban J connectivity index is 3.01. The molecule has 0 radical (unpaired) electrons. The Morgan fingerprint density at radius 3 is 2.15 bits per heavy atom. The minimum Gasteiger partial charge on any atom is -0.323 e. The van der Waals surface area contributed by atoms with Crippen molar-refractivity contribution in [3.8, 4) is 0 Å². The van der Waals surface area contributed by atoms with Crippen LogP contribution in [0.2, 0.25) is 0 Å². The number of rotatable bonds is 1. The van der Waals surface area contributed by atoms with Crippen LogP contribution in [0.1, 0.15) is 42.1 Å². The van der Waals surface area contributed by atoms with E-state index in [1.165, 1.54) is 15.3 Å². The maximum Gasteiger partial charge on any atom is 0.0441 e. The highest BCUT2D eigenvalue weighted by molar-refractivity contribution is 7.12. The van der Waals surface area contributed by atoms with Crippen LogP contribution in [-0.4, -0.2) is 0 Å². The SMILES string of the molecule is Cc1cc(C)c(C(N)C(C)(C)C)s1. The summed E-state index contributed by atoms with van der Waals surface area (Å²) in [6, 6.07) is 2.37. The molecule has 1 aromatic heterocycles. The van der Waals surface area contributed by atoms with Gasteiger partial charge >= 0.3 is 0 Å². The van der Waals surface area contributed by atoms with Gasteiger partial charge < -0.3 is 5.73 Å². The zero-order chi connectivity index (χ0) is 10.2. The van der Waals surface area contributed by atoms with Crippen LogP contribution in [0.25, 0.3) is 0 Å². The summed E-state index contributed by atoms with van der Waals surface area (Å²) >= 11 is 1.82. The van der Waals surface area contributed by atoms with E-state index < -0.39 is 0 Å². The molecule has 0 saturated heterocycles. The Bertz CT molecular complexity index is 294. The van der Waals surface area contributed by atoms with Crippen LogP contribution in [0.15, 0.2) is 6.07 Å². The molecule has 0 aromatic carbocycles. The van der Waals surface area contributed by atoms with E-state index in [-0.39, 0.29) is 11.5 Å². The molecule has 1 heterocycles. The third-order valence-corrected chi connectivity index (χ3v) is 3.53. The predicted molar refractivity (Wildman–Crippen MR) is 60.2 cm³/mol. The summed E-state index contributed by atoms with van der Waals surface area (Å²) in [7, 11) is 0. The first kappa shape index (κ1) is 10.7. The standard InChI is InChI=1S/C11H19NS/c1-7-6-8(2)13-9(7)10(12)11(3,4)5/h6,10H,12H2,1-5H3. The number of nitrogens with two attached hydrogens (primary N) is 1. The van der Waals surface area contributed by atoms with Gasteiger partial charge in [-0.15, -0.1) is 11.3 Å². The quantitative estimate of drug-likeness (QED) is 0.733. The van der Waals surface area contributed by atoms with E-state index in [9.17, 15) is 0 Å². The number of aryl methyl sites for hydroxylation is 2. The van der Waals surface area contributed by atoms with Crippen LogP contribution < -0.4 is 5.73 Å². The van der Waals surface area contributed by atoms with Crippen LogP contribution in [-0.2, 0) is 0 Å². The molecular formula is C11H19NS. The molecule has 1 aromatic rings. The number of thiophene rings is 1. The topological polar surface area (TPSA) is 26.0 Å². The van der Waals surface area contributed by atoms with Crippen molar-refractivity contribution in [2.75, 3.05) is 0 Å². The highest BCUT2D eigenvalue weighted by Gasteiger charge is 2.24. The van der Waals surface area contributed by atoms with Gasteiger partial charge in [0.1, 0.15) is 0 Å². The highest BCUT2D eigenvalue weighted by atomic mass is 32.1. The van der Waals surface area contributed by atoms with Crippen LogP contribution in [0.5, 0.6) is 0 Å². The lowest BCUT2D eigenvalue weighted by Crippen LogP contribution is -2.25. The molecule has 0 amide bonds. The predicted octanol–water partition coefficient (Wildman–Crippen LogP) is 3.41. The fourth-order valence-electron chi connectivity index (χ4n) is 1.36. The maximum atomic E-state index is 6.20. The van der Waals surface area contributed by atoms with Gasteiger partial charge in [0.25, 0.3) is 0 Å². The van der Waals surface area contributed by atoms with E-state index in [2.05, 4.69) is 40.7 Å². The highest BCUT2D eigenvalue weighted by Crippen LogP contribution is 2.36. The minimum atomic E-state index is 0.155. The van der Waals surface area contributed by atoms with E-state index in [1.807, 2.05) is 11.3 Å². The molecule has 0 aliphatic carbocycles. The molecule has 13 heavy (non-hydrogen) atoms. The summed E-state index contributed by atoms with van der Waals surface area (Å²) in [5.41, 5.74) is 7.69. The first-order valence-corrected chi connectivity index (χ1v) is 5.46. The average Bonchev–Trinajstić information content (AvgIpc) is 2.26. The van der Waals surface area contributed by atoms with E-state index in [1.54, 1.807) is 0 Å². The Hall–Kier alpha value is -0.340. The Morgan fingerprint density at radius 2 is 1.85 bits per heavy atom. The summed E-state index contributed by atoms with van der Waals surface area (Å²) < 4.78 is 0. The van der Waals surface area contributed by atoms with Gasteiger partial charge in [0.05, 0.1) is 0 Å². The van der Waals surface area contributed by atoms with E-state index >= 15 is 0 Å². The van der Waals surface area contributed by atoms with Crippen molar-refractivity contribution >= 4 is 11.3 Å². The molecular weight excluding hydrogens is 178 g/mol. The van der Waals surface area contributed by atoms with Gasteiger partial charge in [-0.3, -0.25) is 0 Å². The van der Waals surface area contributed by atoms with Crippen molar-refractivity contribution in [1.82, 2.24) is 0 Å².